The molecule has 0 radical (unpaired) electrons. The molecule has 158 valence electrons. The quantitative estimate of drug-likeness (QED) is 0.518. The molecule has 2 aromatic rings. The molecular weight excluding hydrogens is 387 g/mol. The summed E-state index contributed by atoms with van der Waals surface area (Å²) in [7, 11) is 0. The third-order valence-corrected chi connectivity index (χ3v) is 5.70. The second-order valence-electron chi connectivity index (χ2n) is 7.99. The van der Waals surface area contributed by atoms with E-state index in [1.807, 2.05) is 38.3 Å². The van der Waals surface area contributed by atoms with Crippen molar-refractivity contribution in [3.63, 3.8) is 0 Å². The number of rotatable bonds is 5. The van der Waals surface area contributed by atoms with Crippen LogP contribution in [0.1, 0.15) is 52.6 Å². The number of nitrogens with zero attached hydrogens (tertiary/aromatic N) is 1. The van der Waals surface area contributed by atoms with E-state index >= 15 is 0 Å². The molecule has 5 heteroatoms. The van der Waals surface area contributed by atoms with Crippen LogP contribution in [0.2, 0.25) is 0 Å². The Balaban J connectivity index is 2.07. The molecule has 30 heavy (non-hydrogen) atoms. The number of benzene rings is 2. The van der Waals surface area contributed by atoms with Crippen LogP contribution in [-0.2, 0) is 12.6 Å². The smallest absolute Gasteiger partial charge is 0.417 e. The molecule has 0 aliphatic carbocycles. The molecule has 1 N–H and O–H groups in total. The van der Waals surface area contributed by atoms with Gasteiger partial charge in [-0.1, -0.05) is 49.9 Å². The summed E-state index contributed by atoms with van der Waals surface area (Å²) in [4.78, 5) is 4.63. The molecule has 0 saturated heterocycles. The molecule has 0 saturated carbocycles. The molecule has 1 aliphatic rings. The van der Waals surface area contributed by atoms with Gasteiger partial charge in [0.1, 0.15) is 5.76 Å². The van der Waals surface area contributed by atoms with E-state index in [-0.39, 0.29) is 11.5 Å². The molecule has 2 aromatic carbocycles. The number of hydrogen-bond acceptors (Lipinski definition) is 2. The van der Waals surface area contributed by atoms with Crippen LogP contribution >= 0.6 is 0 Å². The lowest BCUT2D eigenvalue weighted by molar-refractivity contribution is -0.137. The summed E-state index contributed by atoms with van der Waals surface area (Å²) < 4.78 is 40.7. The van der Waals surface area contributed by atoms with Gasteiger partial charge in [-0.25, -0.2) is 0 Å². The van der Waals surface area contributed by atoms with Crippen molar-refractivity contribution >= 4 is 12.0 Å². The summed E-state index contributed by atoms with van der Waals surface area (Å²) in [5.41, 5.74) is 3.57. The molecule has 1 aliphatic heterocycles. The van der Waals surface area contributed by atoms with E-state index in [4.69, 9.17) is 0 Å². The van der Waals surface area contributed by atoms with Crippen LogP contribution in [0.4, 0.5) is 13.2 Å². The second-order valence-corrected chi connectivity index (χ2v) is 7.99. The predicted molar refractivity (Wildman–Crippen MR) is 116 cm³/mol. The summed E-state index contributed by atoms with van der Waals surface area (Å²) in [5.74, 6) is -0.397. The van der Waals surface area contributed by atoms with Crippen LogP contribution < -0.4 is 0 Å². The van der Waals surface area contributed by atoms with Crippen molar-refractivity contribution in [2.75, 3.05) is 0 Å². The van der Waals surface area contributed by atoms with Crippen LogP contribution in [0.3, 0.4) is 0 Å². The van der Waals surface area contributed by atoms with E-state index in [0.29, 0.717) is 17.9 Å². The minimum atomic E-state index is -4.58. The largest absolute Gasteiger partial charge is 0.508 e. The van der Waals surface area contributed by atoms with Crippen molar-refractivity contribution < 1.29 is 18.3 Å². The predicted octanol–water partition coefficient (Wildman–Crippen LogP) is 7.17. The molecule has 0 fully saturated rings. The molecule has 0 spiro atoms. The summed E-state index contributed by atoms with van der Waals surface area (Å²) in [6.45, 7) is 9.41. The monoisotopic (exact) mass is 413 g/mol. The molecule has 1 heterocycles. The maximum absolute atomic E-state index is 13.6. The number of aliphatic hydroxyl groups is 1. The fourth-order valence-electron chi connectivity index (χ4n) is 3.83. The average molecular weight is 413 g/mol. The first-order valence-corrected chi connectivity index (χ1v) is 9.96. The fourth-order valence-corrected chi connectivity index (χ4v) is 3.83. The zero-order valence-corrected chi connectivity index (χ0v) is 17.4. The fraction of sp³-hybridized carbons (Fsp3) is 0.320. The third-order valence-electron chi connectivity index (χ3n) is 5.70. The van der Waals surface area contributed by atoms with Crippen molar-refractivity contribution in [2.45, 2.75) is 45.7 Å². The van der Waals surface area contributed by atoms with Gasteiger partial charge < -0.3 is 5.11 Å². The number of aryl methyl sites for hydroxylation is 1. The zero-order valence-electron chi connectivity index (χ0n) is 17.4. The first-order valence-electron chi connectivity index (χ1n) is 9.96. The van der Waals surface area contributed by atoms with Gasteiger partial charge in [0, 0.05) is 23.4 Å². The minimum absolute atomic E-state index is 0.155. The van der Waals surface area contributed by atoms with Gasteiger partial charge in [-0.15, -0.1) is 0 Å². The van der Waals surface area contributed by atoms with Crippen LogP contribution in [0.25, 0.3) is 5.76 Å². The highest BCUT2D eigenvalue weighted by molar-refractivity contribution is 5.64. The van der Waals surface area contributed by atoms with Crippen molar-refractivity contribution in [3.8, 4) is 0 Å². The summed E-state index contributed by atoms with van der Waals surface area (Å²) in [6, 6.07) is 10.1. The molecule has 3 rings (SSSR count). The van der Waals surface area contributed by atoms with Crippen LogP contribution in [-0.4, -0.2) is 11.3 Å². The summed E-state index contributed by atoms with van der Waals surface area (Å²) >= 11 is 0. The van der Waals surface area contributed by atoms with Gasteiger partial charge in [0.05, 0.1) is 5.56 Å². The zero-order chi connectivity index (χ0) is 22.1. The van der Waals surface area contributed by atoms with E-state index < -0.39 is 17.5 Å². The lowest BCUT2D eigenvalue weighted by Crippen LogP contribution is -2.14. The van der Waals surface area contributed by atoms with Gasteiger partial charge in [0.2, 0.25) is 0 Å². The highest BCUT2D eigenvalue weighted by atomic mass is 19.4. The SMILES string of the molecule is C=C(O)c1ccc(CC(C2=CCC(C)C=N2)c2cccc(C)c2C)cc1C(F)(F)F. The lowest BCUT2D eigenvalue weighted by Gasteiger charge is -2.24. The number of allylic oxidation sites excluding steroid dienone is 2. The van der Waals surface area contributed by atoms with Gasteiger partial charge in [0.25, 0.3) is 0 Å². The van der Waals surface area contributed by atoms with E-state index in [1.165, 1.54) is 6.07 Å². The van der Waals surface area contributed by atoms with Crippen LogP contribution in [0.5, 0.6) is 0 Å². The van der Waals surface area contributed by atoms with E-state index in [1.54, 1.807) is 6.07 Å². The number of halogens is 3. The number of aliphatic imine (C=N–C) groups is 1. The Hall–Kier alpha value is -2.82. The molecule has 0 bridgehead atoms. The van der Waals surface area contributed by atoms with E-state index in [0.717, 1.165) is 34.9 Å². The van der Waals surface area contributed by atoms with Gasteiger partial charge in [0.15, 0.2) is 0 Å². The Kier molecular flexibility index (Phi) is 6.20. The number of hydrogen-bond donors (Lipinski definition) is 1. The standard InChI is InChI=1S/C25H26F3NO/c1-15-8-11-24(29-14-15)22(20-7-5-6-16(2)17(20)3)12-19-9-10-21(18(4)30)23(13-19)25(26,27)28/h5-7,9-11,13-15,22,30H,4,8,12H2,1-3H3. The Morgan fingerprint density at radius 2 is 1.97 bits per heavy atom. The van der Waals surface area contributed by atoms with E-state index in [2.05, 4.69) is 24.6 Å². The van der Waals surface area contributed by atoms with Crippen LogP contribution in [0.15, 0.2) is 59.7 Å². The molecular formula is C25H26F3NO. The van der Waals surface area contributed by atoms with Gasteiger partial charge in [-0.2, -0.15) is 13.2 Å². The first kappa shape index (κ1) is 21.9. The Bertz CT molecular complexity index is 1020. The Morgan fingerprint density at radius 1 is 1.23 bits per heavy atom. The Labute approximate surface area is 175 Å². The average Bonchev–Trinajstić information content (AvgIpc) is 2.68. The van der Waals surface area contributed by atoms with Gasteiger partial charge in [-0.3, -0.25) is 4.99 Å². The van der Waals surface area contributed by atoms with Gasteiger partial charge >= 0.3 is 6.18 Å². The number of aliphatic hydroxyl groups excluding tert-OH is 1. The third kappa shape index (κ3) is 4.66. The van der Waals surface area contributed by atoms with E-state index in [9.17, 15) is 18.3 Å². The van der Waals surface area contributed by atoms with Crippen molar-refractivity contribution in [1.29, 1.82) is 0 Å². The highest BCUT2D eigenvalue weighted by Gasteiger charge is 2.34. The molecule has 2 unspecified atom stereocenters. The maximum atomic E-state index is 13.6. The second kappa shape index (κ2) is 8.50. The first-order chi connectivity index (χ1) is 14.1. The lowest BCUT2D eigenvalue weighted by atomic mass is 9.83. The molecule has 2 nitrogen and oxygen atoms in total. The summed E-state index contributed by atoms with van der Waals surface area (Å²) in [5, 5.41) is 9.59. The Morgan fingerprint density at radius 3 is 2.57 bits per heavy atom. The molecule has 2 atom stereocenters. The minimum Gasteiger partial charge on any atom is -0.508 e. The number of alkyl halides is 3. The normalized spacial score (nSPS) is 17.5. The highest BCUT2D eigenvalue weighted by Crippen LogP contribution is 2.38. The molecule has 0 aromatic heterocycles. The van der Waals surface area contributed by atoms with Gasteiger partial charge in [-0.05, 0) is 60.9 Å². The topological polar surface area (TPSA) is 32.6 Å². The van der Waals surface area contributed by atoms with Crippen molar-refractivity contribution in [1.82, 2.24) is 0 Å². The summed E-state index contributed by atoms with van der Waals surface area (Å²) in [6.07, 6.45) is 0.656. The maximum Gasteiger partial charge on any atom is 0.417 e. The van der Waals surface area contributed by atoms with Crippen molar-refractivity contribution in [2.24, 2.45) is 10.9 Å². The van der Waals surface area contributed by atoms with Crippen molar-refractivity contribution in [3.05, 3.63) is 88.1 Å². The molecule has 0 amide bonds. The van der Waals surface area contributed by atoms with Crippen LogP contribution in [0, 0.1) is 19.8 Å².